The number of hydrogen-bond acceptors (Lipinski definition) is 7. The lowest BCUT2D eigenvalue weighted by Crippen LogP contribution is -2.66. The van der Waals surface area contributed by atoms with Crippen LogP contribution in [0.3, 0.4) is 0 Å². The third kappa shape index (κ3) is 4.13. The van der Waals surface area contributed by atoms with Gasteiger partial charge in [0.1, 0.15) is 11.9 Å². The molecule has 1 fully saturated rings. The Morgan fingerprint density at radius 2 is 2.10 bits per heavy atom. The van der Waals surface area contributed by atoms with E-state index in [0.717, 1.165) is 0 Å². The summed E-state index contributed by atoms with van der Waals surface area (Å²) in [5.74, 6) is -2.63. The maximum absolute atomic E-state index is 11.5. The van der Waals surface area contributed by atoms with Crippen LogP contribution < -0.4 is 11.5 Å². The smallest absolute Gasteiger partial charge is 0.332 e. The molecule has 1 rings (SSSR count). The molecule has 20 heavy (non-hydrogen) atoms. The van der Waals surface area contributed by atoms with Gasteiger partial charge in [0.2, 0.25) is 0 Å². The van der Waals surface area contributed by atoms with Crippen LogP contribution in [-0.2, 0) is 9.59 Å². The Labute approximate surface area is 113 Å². The highest BCUT2D eigenvalue weighted by Crippen LogP contribution is 2.19. The van der Waals surface area contributed by atoms with Crippen molar-refractivity contribution >= 4 is 17.7 Å². The van der Waals surface area contributed by atoms with Crippen LogP contribution in [0, 0.1) is 15.5 Å². The van der Waals surface area contributed by atoms with Gasteiger partial charge in [0.15, 0.2) is 10.6 Å². The molecule has 0 saturated carbocycles. The summed E-state index contributed by atoms with van der Waals surface area (Å²) in [6.07, 6.45) is -0.695. The normalized spacial score (nSPS) is 23.4. The lowest BCUT2D eigenvalue weighted by atomic mass is 9.89. The van der Waals surface area contributed by atoms with Crippen LogP contribution in [0.4, 0.5) is 0 Å². The summed E-state index contributed by atoms with van der Waals surface area (Å²) in [5, 5.41) is 32.9. The molecule has 0 aromatic heterocycles. The Balaban J connectivity index is 0.000000511. The molecule has 2 atom stereocenters. The molecule has 0 aromatic carbocycles. The molecular formula is C9H17N5O6. The topological polar surface area (TPSA) is 197 Å². The monoisotopic (exact) mass is 291 g/mol. The number of aliphatic hydroxyl groups is 1. The van der Waals surface area contributed by atoms with Gasteiger partial charge in [-0.25, -0.2) is 14.9 Å². The number of carboxylic acid groups (broad SMARTS) is 1. The van der Waals surface area contributed by atoms with E-state index in [9.17, 15) is 19.7 Å². The fourth-order valence-electron chi connectivity index (χ4n) is 1.35. The number of rotatable bonds is 3. The first-order valence-corrected chi connectivity index (χ1v) is 5.54. The Kier molecular flexibility index (Phi) is 6.00. The zero-order valence-electron chi connectivity index (χ0n) is 10.8. The predicted octanol–water partition coefficient (Wildman–Crippen LogP) is -2.11. The summed E-state index contributed by atoms with van der Waals surface area (Å²) in [4.78, 5) is 31.3. The number of amides is 1. The highest BCUT2D eigenvalue weighted by Gasteiger charge is 2.48. The number of hydrazine groups is 1. The lowest BCUT2D eigenvalue weighted by molar-refractivity contribution is -0.636. The molecule has 7 N–H and O–H groups in total. The number of carboxylic acids is 1. The molecule has 0 aromatic rings. The van der Waals surface area contributed by atoms with Gasteiger partial charge in [0.25, 0.3) is 0 Å². The number of carbonyl (C=O) groups excluding carboxylic acids is 1. The van der Waals surface area contributed by atoms with Crippen molar-refractivity contribution < 1.29 is 24.8 Å². The first-order chi connectivity index (χ1) is 9.04. The van der Waals surface area contributed by atoms with Crippen molar-refractivity contribution in [2.24, 2.45) is 11.5 Å². The lowest BCUT2D eigenvalue weighted by Gasteiger charge is -2.32. The molecule has 1 aliphatic rings. The number of hydrogen-bond donors (Lipinski definition) is 5. The fourth-order valence-corrected chi connectivity index (χ4v) is 1.35. The first-order valence-electron chi connectivity index (χ1n) is 5.54. The molecule has 2 unspecified atom stereocenters. The third-order valence-electron chi connectivity index (χ3n) is 2.59. The quantitative estimate of drug-likeness (QED) is 0.168. The number of aliphatic carboxylic acids is 1. The Morgan fingerprint density at radius 1 is 1.65 bits per heavy atom. The van der Waals surface area contributed by atoms with E-state index in [1.807, 2.05) is 0 Å². The molecule has 1 amide bonds. The van der Waals surface area contributed by atoms with Crippen LogP contribution in [0.2, 0.25) is 0 Å². The zero-order chi connectivity index (χ0) is 16.1. The molecule has 0 spiro atoms. The zero-order valence-corrected chi connectivity index (χ0v) is 10.8. The van der Waals surface area contributed by atoms with Crippen molar-refractivity contribution in [1.82, 2.24) is 5.01 Å². The van der Waals surface area contributed by atoms with Gasteiger partial charge in [-0.2, -0.15) is 0 Å². The summed E-state index contributed by atoms with van der Waals surface area (Å²) >= 11 is 0. The predicted molar refractivity (Wildman–Crippen MR) is 66.1 cm³/mol. The number of nitrogens with one attached hydrogen (secondary N) is 1. The molecule has 11 nitrogen and oxygen atoms in total. The van der Waals surface area contributed by atoms with Crippen molar-refractivity contribution in [3.05, 3.63) is 10.1 Å². The van der Waals surface area contributed by atoms with Gasteiger partial charge in [0, 0.05) is 0 Å². The maximum Gasteiger partial charge on any atom is 0.332 e. The number of carbonyl (C=O) groups is 2. The van der Waals surface area contributed by atoms with Crippen molar-refractivity contribution in [2.75, 3.05) is 6.54 Å². The summed E-state index contributed by atoms with van der Waals surface area (Å²) in [7, 11) is 0. The molecular weight excluding hydrogens is 274 g/mol. The average molecular weight is 291 g/mol. The standard InChI is InChI=1S/C6H11N5O3.C3H6O3/c7-4(8)6(9)2-1-3-10(5(6)12)11(13)14;1-2(4)3(5)6/h1-3,9H2,(H3,7,8);2,4H,1H3,(H,5,6). The second-order valence-corrected chi connectivity index (χ2v) is 4.17. The van der Waals surface area contributed by atoms with E-state index in [-0.39, 0.29) is 13.0 Å². The Bertz CT molecular complexity index is 425. The van der Waals surface area contributed by atoms with Crippen LogP contribution in [-0.4, -0.2) is 56.2 Å². The van der Waals surface area contributed by atoms with Gasteiger partial charge in [-0.05, 0) is 19.8 Å². The Hall–Kier alpha value is -2.27. The summed E-state index contributed by atoms with van der Waals surface area (Å²) in [5.41, 5.74) is 8.97. The molecule has 0 bridgehead atoms. The molecule has 1 aliphatic heterocycles. The van der Waals surface area contributed by atoms with Gasteiger partial charge in [-0.15, -0.1) is 0 Å². The van der Waals surface area contributed by atoms with Crippen LogP contribution in [0.25, 0.3) is 0 Å². The second-order valence-electron chi connectivity index (χ2n) is 4.17. The summed E-state index contributed by atoms with van der Waals surface area (Å²) in [6.45, 7) is 1.21. The third-order valence-corrected chi connectivity index (χ3v) is 2.59. The minimum atomic E-state index is -1.70. The molecule has 114 valence electrons. The van der Waals surface area contributed by atoms with E-state index in [1.165, 1.54) is 6.92 Å². The van der Waals surface area contributed by atoms with Crippen molar-refractivity contribution in [3.8, 4) is 0 Å². The van der Waals surface area contributed by atoms with Crippen molar-refractivity contribution in [2.45, 2.75) is 31.4 Å². The fraction of sp³-hybridized carbons (Fsp3) is 0.667. The number of nitrogens with two attached hydrogens (primary N) is 2. The van der Waals surface area contributed by atoms with E-state index in [0.29, 0.717) is 11.4 Å². The number of nitrogens with zero attached hydrogens (tertiary/aromatic N) is 2. The van der Waals surface area contributed by atoms with E-state index >= 15 is 0 Å². The minimum Gasteiger partial charge on any atom is -0.479 e. The van der Waals surface area contributed by atoms with Crippen molar-refractivity contribution in [1.29, 1.82) is 5.41 Å². The van der Waals surface area contributed by atoms with Crippen molar-refractivity contribution in [3.63, 3.8) is 0 Å². The summed E-state index contributed by atoms with van der Waals surface area (Å²) in [6, 6.07) is 0. The first kappa shape index (κ1) is 17.7. The van der Waals surface area contributed by atoms with E-state index in [2.05, 4.69) is 0 Å². The molecule has 11 heteroatoms. The molecule has 1 saturated heterocycles. The number of piperidine rings is 1. The van der Waals surface area contributed by atoms with Gasteiger partial charge in [0.05, 0.1) is 6.54 Å². The Morgan fingerprint density at radius 3 is 2.40 bits per heavy atom. The van der Waals surface area contributed by atoms with Gasteiger partial charge < -0.3 is 21.7 Å². The van der Waals surface area contributed by atoms with Crippen LogP contribution >= 0.6 is 0 Å². The molecule has 0 radical (unpaired) electrons. The largest absolute Gasteiger partial charge is 0.479 e. The van der Waals surface area contributed by atoms with E-state index in [1.54, 1.807) is 0 Å². The van der Waals surface area contributed by atoms with Gasteiger partial charge >= 0.3 is 11.9 Å². The number of amidine groups is 1. The minimum absolute atomic E-state index is 0.0120. The van der Waals surface area contributed by atoms with Gasteiger partial charge in [-0.3, -0.25) is 10.2 Å². The van der Waals surface area contributed by atoms with E-state index in [4.69, 9.17) is 27.1 Å². The maximum atomic E-state index is 11.5. The second kappa shape index (κ2) is 6.77. The SMILES string of the molecule is CC(O)C(=O)O.N=C(N)C1(N)CCCN([N+](=O)[O-])C1=O. The van der Waals surface area contributed by atoms with E-state index < -0.39 is 34.4 Å². The highest BCUT2D eigenvalue weighted by molar-refractivity contribution is 6.09. The number of nitro groups is 1. The number of aliphatic hydroxyl groups excluding tert-OH is 1. The van der Waals surface area contributed by atoms with Crippen LogP contribution in [0.5, 0.6) is 0 Å². The molecule has 0 aliphatic carbocycles. The van der Waals surface area contributed by atoms with Crippen LogP contribution in [0.15, 0.2) is 0 Å². The summed E-state index contributed by atoms with van der Waals surface area (Å²) < 4.78 is 0. The average Bonchev–Trinajstić information content (AvgIpc) is 2.32. The van der Waals surface area contributed by atoms with Crippen LogP contribution in [0.1, 0.15) is 19.8 Å². The molecule has 1 heterocycles. The van der Waals surface area contributed by atoms with Gasteiger partial charge in [-0.1, -0.05) is 5.01 Å². The highest BCUT2D eigenvalue weighted by atomic mass is 16.7.